The third-order valence-corrected chi connectivity index (χ3v) is 6.22. The summed E-state index contributed by atoms with van der Waals surface area (Å²) >= 11 is 0. The summed E-state index contributed by atoms with van der Waals surface area (Å²) in [4.78, 5) is 40.6. The molecule has 0 heterocycles. The van der Waals surface area contributed by atoms with Crippen LogP contribution in [0.15, 0.2) is 60.7 Å². The van der Waals surface area contributed by atoms with Crippen molar-refractivity contribution in [2.75, 3.05) is 40.1 Å². The molecule has 10 heteroatoms. The summed E-state index contributed by atoms with van der Waals surface area (Å²) in [7, 11) is 5.91. The molecule has 3 aromatic rings. The van der Waals surface area contributed by atoms with Gasteiger partial charge in [-0.25, -0.2) is 0 Å². The van der Waals surface area contributed by atoms with Crippen LogP contribution >= 0.6 is 0 Å². The maximum Gasteiger partial charge on any atom is 0.307 e. The number of esters is 1. The highest BCUT2D eigenvalue weighted by Crippen LogP contribution is 2.43. The molecule has 0 saturated carbocycles. The lowest BCUT2D eigenvalue weighted by atomic mass is 10.0. The van der Waals surface area contributed by atoms with Crippen molar-refractivity contribution in [3.8, 4) is 34.8 Å². The highest BCUT2D eigenvalue weighted by Gasteiger charge is 2.34. The van der Waals surface area contributed by atoms with Crippen LogP contribution in [0.1, 0.15) is 36.1 Å². The molecular formula is C32H34N2O8. The van der Waals surface area contributed by atoms with Crippen LogP contribution in [0.5, 0.6) is 23.0 Å². The number of hydrogen-bond donors (Lipinski definition) is 1. The highest BCUT2D eigenvalue weighted by molar-refractivity contribution is 6.10. The maximum atomic E-state index is 14.0. The second-order valence-electron chi connectivity index (χ2n) is 8.91. The SMILES string of the molecule is CCC(=O)OCNC(=O)C(c1ccc(C)cc1)N(C(=O)C#Cc1ccc(OC)cc1)c1cc(OC)c(OC)c(OC)c1. The standard InChI is InChI=1S/C32H34N2O8/c1-7-29(36)42-20-33-32(37)30(23-13-8-21(2)9-14-23)34(24-18-26(39-4)31(41-6)27(19-24)40-5)28(35)17-12-22-10-15-25(38-3)16-11-22/h8-11,13-16,18-19,30H,7,20H2,1-6H3,(H,33,37). The Hall–Kier alpha value is -5.17. The molecule has 0 aliphatic rings. The van der Waals surface area contributed by atoms with Crippen molar-refractivity contribution in [2.24, 2.45) is 0 Å². The van der Waals surface area contributed by atoms with Crippen LogP contribution in [0.3, 0.4) is 0 Å². The number of anilines is 1. The van der Waals surface area contributed by atoms with Gasteiger partial charge in [-0.3, -0.25) is 19.3 Å². The molecule has 1 atom stereocenters. The third-order valence-electron chi connectivity index (χ3n) is 6.22. The molecule has 10 nitrogen and oxygen atoms in total. The maximum absolute atomic E-state index is 14.0. The predicted octanol–water partition coefficient (Wildman–Crippen LogP) is 4.18. The van der Waals surface area contributed by atoms with Gasteiger partial charge in [0.05, 0.1) is 34.1 Å². The number of ether oxygens (including phenoxy) is 5. The smallest absolute Gasteiger partial charge is 0.307 e. The molecule has 3 rings (SSSR count). The van der Waals surface area contributed by atoms with E-state index in [9.17, 15) is 14.4 Å². The van der Waals surface area contributed by atoms with Gasteiger partial charge in [0, 0.05) is 30.0 Å². The first-order valence-corrected chi connectivity index (χ1v) is 13.0. The van der Waals surface area contributed by atoms with E-state index in [0.717, 1.165) is 5.56 Å². The average molecular weight is 575 g/mol. The molecule has 220 valence electrons. The number of nitrogens with zero attached hydrogens (tertiary/aromatic N) is 1. The number of carbonyl (C=O) groups is 3. The number of carbonyl (C=O) groups excluding carboxylic acids is 3. The number of amides is 2. The fourth-order valence-corrected chi connectivity index (χ4v) is 4.00. The van der Waals surface area contributed by atoms with Gasteiger partial charge >= 0.3 is 11.9 Å². The van der Waals surface area contributed by atoms with E-state index in [4.69, 9.17) is 23.7 Å². The molecule has 1 N–H and O–H groups in total. The van der Waals surface area contributed by atoms with Crippen molar-refractivity contribution in [1.29, 1.82) is 0 Å². The second kappa shape index (κ2) is 15.0. The zero-order chi connectivity index (χ0) is 30.6. The first-order valence-electron chi connectivity index (χ1n) is 13.0. The van der Waals surface area contributed by atoms with Crippen molar-refractivity contribution in [1.82, 2.24) is 5.32 Å². The van der Waals surface area contributed by atoms with E-state index in [1.165, 1.54) is 26.2 Å². The van der Waals surface area contributed by atoms with Crippen LogP contribution in [0, 0.1) is 18.8 Å². The molecule has 0 fully saturated rings. The van der Waals surface area contributed by atoms with Crippen LogP contribution in [-0.4, -0.2) is 53.0 Å². The van der Waals surface area contributed by atoms with Crippen molar-refractivity contribution in [3.63, 3.8) is 0 Å². The number of rotatable bonds is 11. The van der Waals surface area contributed by atoms with E-state index < -0.39 is 23.8 Å². The zero-order valence-electron chi connectivity index (χ0n) is 24.5. The molecule has 0 aliphatic heterocycles. The monoisotopic (exact) mass is 574 g/mol. The lowest BCUT2D eigenvalue weighted by molar-refractivity contribution is -0.145. The third kappa shape index (κ3) is 7.73. The van der Waals surface area contributed by atoms with Gasteiger partial charge in [0.1, 0.15) is 11.8 Å². The lowest BCUT2D eigenvalue weighted by Gasteiger charge is -2.30. The van der Waals surface area contributed by atoms with E-state index >= 15 is 0 Å². The van der Waals surface area contributed by atoms with E-state index in [1.807, 2.05) is 19.1 Å². The van der Waals surface area contributed by atoms with Crippen LogP contribution in [0.25, 0.3) is 0 Å². The molecule has 1 unspecified atom stereocenters. The predicted molar refractivity (Wildman–Crippen MR) is 157 cm³/mol. The second-order valence-corrected chi connectivity index (χ2v) is 8.91. The van der Waals surface area contributed by atoms with Gasteiger partial charge in [0.15, 0.2) is 18.2 Å². The molecule has 0 aliphatic carbocycles. The summed E-state index contributed by atoms with van der Waals surface area (Å²) in [6, 6.07) is 15.9. The molecule has 42 heavy (non-hydrogen) atoms. The van der Waals surface area contributed by atoms with E-state index in [0.29, 0.717) is 22.6 Å². The minimum Gasteiger partial charge on any atom is -0.497 e. The van der Waals surface area contributed by atoms with Gasteiger partial charge in [-0.15, -0.1) is 0 Å². The first-order chi connectivity index (χ1) is 20.3. The van der Waals surface area contributed by atoms with Gasteiger partial charge in [-0.05, 0) is 36.8 Å². The Balaban J connectivity index is 2.19. The quantitative estimate of drug-likeness (QED) is 0.206. The Bertz CT molecular complexity index is 1430. The minimum atomic E-state index is -1.22. The molecule has 2 amide bonds. The zero-order valence-corrected chi connectivity index (χ0v) is 24.5. The van der Waals surface area contributed by atoms with Gasteiger partial charge < -0.3 is 29.0 Å². The summed E-state index contributed by atoms with van der Waals surface area (Å²) < 4.78 is 26.7. The van der Waals surface area contributed by atoms with E-state index in [1.54, 1.807) is 62.6 Å². The fraction of sp³-hybridized carbons (Fsp3) is 0.281. The van der Waals surface area contributed by atoms with Gasteiger partial charge in [0.25, 0.3) is 0 Å². The average Bonchev–Trinajstić information content (AvgIpc) is 3.02. The molecule has 3 aromatic carbocycles. The molecule has 0 radical (unpaired) electrons. The Morgan fingerprint density at radius 2 is 1.48 bits per heavy atom. The van der Waals surface area contributed by atoms with Crippen molar-refractivity contribution < 1.29 is 38.1 Å². The van der Waals surface area contributed by atoms with Crippen LogP contribution in [0.2, 0.25) is 0 Å². The number of methoxy groups -OCH3 is 4. The summed E-state index contributed by atoms with van der Waals surface area (Å²) in [6.45, 7) is 3.18. The summed E-state index contributed by atoms with van der Waals surface area (Å²) in [6.07, 6.45) is 0.147. The summed E-state index contributed by atoms with van der Waals surface area (Å²) in [5, 5.41) is 2.61. The Morgan fingerprint density at radius 1 is 0.857 bits per heavy atom. The lowest BCUT2D eigenvalue weighted by Crippen LogP contribution is -2.44. The van der Waals surface area contributed by atoms with Gasteiger partial charge in [-0.2, -0.15) is 0 Å². The van der Waals surface area contributed by atoms with E-state index in [2.05, 4.69) is 17.2 Å². The molecule has 0 spiro atoms. The topological polar surface area (TPSA) is 113 Å². The van der Waals surface area contributed by atoms with E-state index in [-0.39, 0.29) is 30.3 Å². The first kappa shape index (κ1) is 31.4. The van der Waals surface area contributed by atoms with Crippen LogP contribution in [0.4, 0.5) is 5.69 Å². The van der Waals surface area contributed by atoms with Crippen molar-refractivity contribution in [3.05, 3.63) is 77.4 Å². The van der Waals surface area contributed by atoms with Gasteiger partial charge in [0.2, 0.25) is 11.7 Å². The largest absolute Gasteiger partial charge is 0.497 e. The molecular weight excluding hydrogens is 540 g/mol. The number of hydrogen-bond acceptors (Lipinski definition) is 8. The summed E-state index contributed by atoms with van der Waals surface area (Å²) in [5.74, 6) is 5.24. The molecule has 0 saturated heterocycles. The molecule has 0 bridgehead atoms. The highest BCUT2D eigenvalue weighted by atomic mass is 16.5. The van der Waals surface area contributed by atoms with Crippen molar-refractivity contribution in [2.45, 2.75) is 26.3 Å². The number of benzene rings is 3. The Kier molecular flexibility index (Phi) is 11.2. The molecule has 0 aromatic heterocycles. The van der Waals surface area contributed by atoms with Gasteiger partial charge in [-0.1, -0.05) is 42.7 Å². The Morgan fingerprint density at radius 3 is 2.00 bits per heavy atom. The summed E-state index contributed by atoms with van der Waals surface area (Å²) in [5.41, 5.74) is 2.27. The minimum absolute atomic E-state index is 0.147. The van der Waals surface area contributed by atoms with Crippen LogP contribution < -0.4 is 29.2 Å². The number of aryl methyl sites for hydroxylation is 1. The number of nitrogens with one attached hydrogen (secondary N) is 1. The van der Waals surface area contributed by atoms with Crippen LogP contribution in [-0.2, 0) is 19.1 Å². The van der Waals surface area contributed by atoms with Crippen molar-refractivity contribution >= 4 is 23.5 Å². The Labute approximate surface area is 245 Å². The fourth-order valence-electron chi connectivity index (χ4n) is 4.00. The normalized spacial score (nSPS) is 10.8.